The molecule has 3 N–H and O–H groups in total. The molecule has 12 heteroatoms. The van der Waals surface area contributed by atoms with Crippen LogP contribution in [-0.4, -0.2) is 53.5 Å². The molecule has 9 nitrogen and oxygen atoms in total. The van der Waals surface area contributed by atoms with Gasteiger partial charge in [-0.3, -0.25) is 0 Å². The Bertz CT molecular complexity index is 1060. The lowest BCUT2D eigenvalue weighted by atomic mass is 10.1. The molecule has 0 saturated carbocycles. The first kappa shape index (κ1) is 30.3. The summed E-state index contributed by atoms with van der Waals surface area (Å²) < 4.78 is 47.7. The number of rotatable bonds is 8. The van der Waals surface area contributed by atoms with Crippen LogP contribution in [0.4, 0.5) is 18.9 Å². The van der Waals surface area contributed by atoms with Crippen LogP contribution in [0.2, 0.25) is 0 Å². The van der Waals surface area contributed by atoms with Crippen molar-refractivity contribution in [3.8, 4) is 5.75 Å². The molecule has 0 aliphatic carbocycles. The highest BCUT2D eigenvalue weighted by molar-refractivity contribution is 5.99. The van der Waals surface area contributed by atoms with E-state index in [0.717, 1.165) is 11.4 Å². The van der Waals surface area contributed by atoms with Crippen molar-refractivity contribution < 1.29 is 46.9 Å². The third-order valence-electron chi connectivity index (χ3n) is 4.40. The number of esters is 2. The number of hydrogen-bond acceptors (Lipinski definition) is 7. The average molecular weight is 517 g/mol. The van der Waals surface area contributed by atoms with Crippen LogP contribution in [0.25, 0.3) is 0 Å². The van der Waals surface area contributed by atoms with Gasteiger partial charge in [0.2, 0.25) is 0 Å². The van der Waals surface area contributed by atoms with Gasteiger partial charge >= 0.3 is 24.1 Å². The number of benzene rings is 1. The summed E-state index contributed by atoms with van der Waals surface area (Å²) in [6.45, 7) is 9.60. The smallest absolute Gasteiger partial charge is 0.490 e. The van der Waals surface area contributed by atoms with Crippen LogP contribution in [0, 0.1) is 0 Å². The van der Waals surface area contributed by atoms with Gasteiger partial charge in [0.05, 0.1) is 25.8 Å². The minimum Gasteiger partial charge on any atom is -0.497 e. The number of ether oxygens (including phenoxy) is 3. The van der Waals surface area contributed by atoms with E-state index in [9.17, 15) is 22.8 Å². The van der Waals surface area contributed by atoms with Gasteiger partial charge in [-0.2, -0.15) is 13.2 Å². The van der Waals surface area contributed by atoms with Crippen LogP contribution < -0.4 is 10.1 Å². The number of carboxylic acid groups (broad SMARTS) is 1. The Morgan fingerprint density at radius 3 is 2.17 bits per heavy atom. The van der Waals surface area contributed by atoms with Gasteiger partial charge in [-0.05, 0) is 51.8 Å². The topological polar surface area (TPSA) is 127 Å². The van der Waals surface area contributed by atoms with Crippen molar-refractivity contribution in [2.75, 3.05) is 19.0 Å². The molecule has 0 atom stereocenters. The zero-order valence-electron chi connectivity index (χ0n) is 21.0. The lowest BCUT2D eigenvalue weighted by molar-refractivity contribution is -0.192. The van der Waals surface area contributed by atoms with Crippen molar-refractivity contribution in [2.24, 2.45) is 0 Å². The number of carboxylic acids is 1. The van der Waals surface area contributed by atoms with Gasteiger partial charge in [0.15, 0.2) is 0 Å². The summed E-state index contributed by atoms with van der Waals surface area (Å²) in [6, 6.07) is 7.46. The summed E-state index contributed by atoms with van der Waals surface area (Å²) in [5.74, 6) is -2.99. The van der Waals surface area contributed by atoms with E-state index < -0.39 is 29.7 Å². The second kappa shape index (κ2) is 12.8. The number of aromatic nitrogens is 1. The van der Waals surface area contributed by atoms with Crippen molar-refractivity contribution >= 4 is 23.6 Å². The standard InChI is InChI=1S/C22H30N2O5.C2HF3O2/c1-7-16-18(20(25)28-8-2)17(24-19(16)21(26)29-22(3,4)5)13-23-14-10-9-11-15(12-14)27-6;3-2(4,5)1(6)7/h9-12,23-24H,7-8,13H2,1-6H3;(H,6,7). The minimum atomic E-state index is -5.08. The second-order valence-electron chi connectivity index (χ2n) is 8.30. The predicted octanol–water partition coefficient (Wildman–Crippen LogP) is 4.96. The summed E-state index contributed by atoms with van der Waals surface area (Å²) in [7, 11) is 1.60. The van der Waals surface area contributed by atoms with Crippen molar-refractivity contribution in [1.82, 2.24) is 4.98 Å². The highest BCUT2D eigenvalue weighted by atomic mass is 19.4. The molecule has 1 heterocycles. The second-order valence-corrected chi connectivity index (χ2v) is 8.30. The van der Waals surface area contributed by atoms with Crippen LogP contribution in [0.1, 0.15) is 66.7 Å². The third-order valence-corrected chi connectivity index (χ3v) is 4.40. The molecule has 36 heavy (non-hydrogen) atoms. The lowest BCUT2D eigenvalue weighted by Crippen LogP contribution is -2.24. The van der Waals surface area contributed by atoms with Crippen LogP contribution in [0.15, 0.2) is 24.3 Å². The number of aliphatic carboxylic acids is 1. The zero-order chi connectivity index (χ0) is 27.7. The van der Waals surface area contributed by atoms with Gasteiger partial charge in [-0.15, -0.1) is 0 Å². The molecule has 1 aromatic carbocycles. The van der Waals surface area contributed by atoms with Gasteiger partial charge < -0.3 is 29.6 Å². The Balaban J connectivity index is 0.000000809. The molecule has 2 rings (SSSR count). The molecular weight excluding hydrogens is 485 g/mol. The number of nitrogens with one attached hydrogen (secondary N) is 2. The highest BCUT2D eigenvalue weighted by Crippen LogP contribution is 2.25. The van der Waals surface area contributed by atoms with Crippen LogP contribution in [0.5, 0.6) is 5.75 Å². The maximum absolute atomic E-state index is 12.7. The van der Waals surface area contributed by atoms with E-state index in [4.69, 9.17) is 24.1 Å². The predicted molar refractivity (Wildman–Crippen MR) is 125 cm³/mol. The average Bonchev–Trinajstić information content (AvgIpc) is 3.15. The SMILES string of the molecule is CCOC(=O)c1c(CNc2cccc(OC)c2)[nH]c(C(=O)OC(C)(C)C)c1CC.O=C(O)C(F)(F)F. The molecule has 0 fully saturated rings. The Kier molecular flexibility index (Phi) is 10.8. The summed E-state index contributed by atoms with van der Waals surface area (Å²) in [5.41, 5.74) is 2.02. The molecule has 0 amide bonds. The van der Waals surface area contributed by atoms with E-state index in [1.807, 2.05) is 31.2 Å². The molecule has 2 aromatic rings. The molecular formula is C24H31F3N2O7. The minimum absolute atomic E-state index is 0.248. The first-order valence-electron chi connectivity index (χ1n) is 11.0. The number of methoxy groups -OCH3 is 1. The first-order chi connectivity index (χ1) is 16.6. The number of carbonyl (C=O) groups is 3. The van der Waals surface area contributed by atoms with E-state index in [-0.39, 0.29) is 12.3 Å². The van der Waals surface area contributed by atoms with E-state index in [2.05, 4.69) is 10.3 Å². The normalized spacial score (nSPS) is 11.1. The lowest BCUT2D eigenvalue weighted by Gasteiger charge is -2.19. The summed E-state index contributed by atoms with van der Waals surface area (Å²) >= 11 is 0. The number of alkyl halides is 3. The van der Waals surface area contributed by atoms with Crippen molar-refractivity contribution in [3.63, 3.8) is 0 Å². The molecule has 0 bridgehead atoms. The molecule has 1 aromatic heterocycles. The van der Waals surface area contributed by atoms with Crippen LogP contribution in [0.3, 0.4) is 0 Å². The molecule has 0 radical (unpaired) electrons. The fraction of sp³-hybridized carbons (Fsp3) is 0.458. The maximum Gasteiger partial charge on any atom is 0.490 e. The number of anilines is 1. The highest BCUT2D eigenvalue weighted by Gasteiger charge is 2.38. The maximum atomic E-state index is 12.7. The molecule has 0 spiro atoms. The Morgan fingerprint density at radius 1 is 1.08 bits per heavy atom. The Morgan fingerprint density at radius 2 is 1.69 bits per heavy atom. The van der Waals surface area contributed by atoms with E-state index in [0.29, 0.717) is 29.8 Å². The van der Waals surface area contributed by atoms with Gasteiger partial charge in [-0.1, -0.05) is 13.0 Å². The fourth-order valence-corrected chi connectivity index (χ4v) is 2.96. The summed E-state index contributed by atoms with van der Waals surface area (Å²) in [6.07, 6.45) is -4.60. The largest absolute Gasteiger partial charge is 0.497 e. The Hall–Kier alpha value is -3.70. The van der Waals surface area contributed by atoms with Crippen LogP contribution >= 0.6 is 0 Å². The van der Waals surface area contributed by atoms with Gasteiger partial charge in [0.25, 0.3) is 0 Å². The van der Waals surface area contributed by atoms with Crippen LogP contribution in [-0.2, 0) is 27.2 Å². The molecule has 0 aliphatic heterocycles. The molecule has 0 saturated heterocycles. The van der Waals surface area contributed by atoms with Crippen molar-refractivity contribution in [2.45, 2.75) is 59.4 Å². The van der Waals surface area contributed by atoms with Crippen molar-refractivity contribution in [1.29, 1.82) is 0 Å². The fourth-order valence-electron chi connectivity index (χ4n) is 2.96. The first-order valence-corrected chi connectivity index (χ1v) is 11.0. The van der Waals surface area contributed by atoms with E-state index >= 15 is 0 Å². The number of aromatic amines is 1. The number of halogens is 3. The number of carbonyl (C=O) groups excluding carboxylic acids is 2. The zero-order valence-corrected chi connectivity index (χ0v) is 21.0. The van der Waals surface area contributed by atoms with Crippen molar-refractivity contribution in [3.05, 3.63) is 46.8 Å². The molecule has 0 aliphatic rings. The molecule has 0 unspecified atom stereocenters. The third kappa shape index (κ3) is 9.16. The summed E-state index contributed by atoms with van der Waals surface area (Å²) in [4.78, 5) is 37.3. The molecule has 200 valence electrons. The van der Waals surface area contributed by atoms with E-state index in [1.54, 1.807) is 34.8 Å². The van der Waals surface area contributed by atoms with Gasteiger partial charge in [0, 0.05) is 17.4 Å². The number of H-pyrrole nitrogens is 1. The Labute approximate surface area is 206 Å². The monoisotopic (exact) mass is 516 g/mol. The van der Waals surface area contributed by atoms with Gasteiger partial charge in [-0.25, -0.2) is 14.4 Å². The number of hydrogen-bond donors (Lipinski definition) is 3. The van der Waals surface area contributed by atoms with E-state index in [1.165, 1.54) is 0 Å². The summed E-state index contributed by atoms with van der Waals surface area (Å²) in [5, 5.41) is 10.4. The quantitative estimate of drug-likeness (QED) is 0.420. The van der Waals surface area contributed by atoms with Gasteiger partial charge in [0.1, 0.15) is 17.0 Å².